The van der Waals surface area contributed by atoms with Crippen LogP contribution >= 0.6 is 0 Å². The Morgan fingerprint density at radius 2 is 2.19 bits per heavy atom. The van der Waals surface area contributed by atoms with Gasteiger partial charge in [0.25, 0.3) is 0 Å². The lowest BCUT2D eigenvalue weighted by Gasteiger charge is -2.07. The summed E-state index contributed by atoms with van der Waals surface area (Å²) in [5, 5.41) is 0. The van der Waals surface area contributed by atoms with Crippen LogP contribution in [0, 0.1) is 0 Å². The van der Waals surface area contributed by atoms with Crippen LogP contribution in [-0.2, 0) is 16.0 Å². The van der Waals surface area contributed by atoms with E-state index in [-0.39, 0.29) is 5.97 Å². The fraction of sp³-hybridized carbons (Fsp3) is 0.333. The maximum Gasteiger partial charge on any atom is 0.354 e. The molecule has 4 nitrogen and oxygen atoms in total. The summed E-state index contributed by atoms with van der Waals surface area (Å²) in [7, 11) is 1.63. The zero-order valence-electron chi connectivity index (χ0n) is 9.10. The Labute approximate surface area is 93.9 Å². The van der Waals surface area contributed by atoms with Gasteiger partial charge in [0.1, 0.15) is 11.5 Å². The summed E-state index contributed by atoms with van der Waals surface area (Å²) in [6.07, 6.45) is 0.656. The summed E-state index contributed by atoms with van der Waals surface area (Å²) in [6, 6.07) is 7.70. The van der Waals surface area contributed by atoms with Crippen molar-refractivity contribution in [3.05, 3.63) is 29.8 Å². The Bertz CT molecular complexity index is 426. The molecule has 1 aliphatic heterocycles. The first kappa shape index (κ1) is 10.7. The number of benzene rings is 1. The lowest BCUT2D eigenvalue weighted by Crippen LogP contribution is -2.12. The van der Waals surface area contributed by atoms with Crippen LogP contribution in [0.2, 0.25) is 0 Å². The molecule has 0 N–H and O–H groups in total. The van der Waals surface area contributed by atoms with Gasteiger partial charge in [0, 0.05) is 6.42 Å². The SMILES string of the molecule is COc1ccccc1CCOC(=O)C1=NC1. The van der Waals surface area contributed by atoms with Crippen molar-refractivity contribution in [2.75, 3.05) is 20.3 Å². The van der Waals surface area contributed by atoms with Crippen molar-refractivity contribution in [1.82, 2.24) is 0 Å². The number of ether oxygens (including phenoxy) is 2. The van der Waals surface area contributed by atoms with E-state index in [1.165, 1.54) is 0 Å². The van der Waals surface area contributed by atoms with Gasteiger partial charge in [0.15, 0.2) is 0 Å². The molecule has 0 saturated heterocycles. The molecule has 0 fully saturated rings. The van der Waals surface area contributed by atoms with Crippen molar-refractivity contribution in [2.24, 2.45) is 4.99 Å². The number of carbonyl (C=O) groups is 1. The lowest BCUT2D eigenvalue weighted by molar-refractivity contribution is -0.135. The van der Waals surface area contributed by atoms with Gasteiger partial charge in [-0.25, -0.2) is 4.79 Å². The van der Waals surface area contributed by atoms with Crippen molar-refractivity contribution in [1.29, 1.82) is 0 Å². The number of nitrogens with zero attached hydrogens (tertiary/aromatic N) is 1. The average molecular weight is 219 g/mol. The molecule has 0 amide bonds. The molecule has 16 heavy (non-hydrogen) atoms. The first-order valence-electron chi connectivity index (χ1n) is 5.13. The number of aliphatic imine (C=N–C) groups is 1. The van der Waals surface area contributed by atoms with Gasteiger partial charge in [-0.2, -0.15) is 0 Å². The minimum atomic E-state index is -0.296. The van der Waals surface area contributed by atoms with Crippen LogP contribution in [0.25, 0.3) is 0 Å². The second kappa shape index (κ2) is 4.79. The van der Waals surface area contributed by atoms with Crippen molar-refractivity contribution in [2.45, 2.75) is 6.42 Å². The molecule has 2 rings (SSSR count). The molecular weight excluding hydrogens is 206 g/mol. The van der Waals surface area contributed by atoms with Gasteiger partial charge in [0.2, 0.25) is 0 Å². The Hall–Kier alpha value is -1.84. The van der Waals surface area contributed by atoms with E-state index in [4.69, 9.17) is 9.47 Å². The van der Waals surface area contributed by atoms with E-state index in [0.29, 0.717) is 25.3 Å². The van der Waals surface area contributed by atoms with E-state index >= 15 is 0 Å². The van der Waals surface area contributed by atoms with Crippen LogP contribution in [0.4, 0.5) is 0 Å². The van der Waals surface area contributed by atoms with E-state index in [1.54, 1.807) is 7.11 Å². The second-order valence-electron chi connectivity index (χ2n) is 3.46. The van der Waals surface area contributed by atoms with Gasteiger partial charge < -0.3 is 9.47 Å². The molecule has 0 radical (unpaired) electrons. The van der Waals surface area contributed by atoms with Crippen LogP contribution in [0.15, 0.2) is 29.3 Å². The summed E-state index contributed by atoms with van der Waals surface area (Å²) >= 11 is 0. The average Bonchev–Trinajstić information content (AvgIpc) is 3.13. The summed E-state index contributed by atoms with van der Waals surface area (Å²) in [5.74, 6) is 0.525. The quantitative estimate of drug-likeness (QED) is 0.700. The zero-order chi connectivity index (χ0) is 11.4. The largest absolute Gasteiger partial charge is 0.496 e. The molecular formula is C12H13NO3. The fourth-order valence-electron chi connectivity index (χ4n) is 1.42. The van der Waals surface area contributed by atoms with Crippen LogP contribution in [-0.4, -0.2) is 31.9 Å². The first-order valence-corrected chi connectivity index (χ1v) is 5.13. The number of rotatable bonds is 5. The maximum atomic E-state index is 11.2. The molecule has 1 aromatic carbocycles. The van der Waals surface area contributed by atoms with Crippen LogP contribution in [0.3, 0.4) is 0 Å². The molecule has 1 aliphatic rings. The molecule has 0 atom stereocenters. The third kappa shape index (κ3) is 2.59. The number of methoxy groups -OCH3 is 1. The van der Waals surface area contributed by atoms with Crippen molar-refractivity contribution >= 4 is 11.7 Å². The molecule has 0 spiro atoms. The minimum Gasteiger partial charge on any atom is -0.496 e. The Balaban J connectivity index is 1.84. The van der Waals surface area contributed by atoms with Crippen LogP contribution in [0.1, 0.15) is 5.56 Å². The van der Waals surface area contributed by atoms with E-state index in [0.717, 1.165) is 11.3 Å². The number of hydrogen-bond donors (Lipinski definition) is 0. The summed E-state index contributed by atoms with van der Waals surface area (Å²) < 4.78 is 10.2. The molecule has 0 saturated carbocycles. The van der Waals surface area contributed by atoms with E-state index in [1.807, 2.05) is 24.3 Å². The second-order valence-corrected chi connectivity index (χ2v) is 3.46. The normalized spacial score (nSPS) is 12.9. The highest BCUT2D eigenvalue weighted by Crippen LogP contribution is 2.17. The van der Waals surface area contributed by atoms with Crippen molar-refractivity contribution < 1.29 is 14.3 Å². The number of carbonyl (C=O) groups excluding carboxylic acids is 1. The third-order valence-electron chi connectivity index (χ3n) is 2.35. The highest BCUT2D eigenvalue weighted by molar-refractivity contribution is 6.42. The maximum absolute atomic E-state index is 11.2. The molecule has 4 heteroatoms. The Morgan fingerprint density at radius 1 is 1.44 bits per heavy atom. The molecule has 0 aromatic heterocycles. The van der Waals surface area contributed by atoms with Crippen LogP contribution < -0.4 is 4.74 Å². The summed E-state index contributed by atoms with van der Waals surface area (Å²) in [6.45, 7) is 0.895. The summed E-state index contributed by atoms with van der Waals surface area (Å²) in [4.78, 5) is 14.9. The zero-order valence-corrected chi connectivity index (χ0v) is 9.10. The van der Waals surface area contributed by atoms with Gasteiger partial charge in [0.05, 0.1) is 20.3 Å². The van der Waals surface area contributed by atoms with Gasteiger partial charge >= 0.3 is 5.97 Å². The number of para-hydroxylation sites is 1. The number of hydrogen-bond acceptors (Lipinski definition) is 4. The standard InChI is InChI=1S/C12H13NO3/c1-15-11-5-3-2-4-9(11)6-7-16-12(14)10-8-13-10/h2-5H,6-8H2,1H3. The van der Waals surface area contributed by atoms with Crippen LogP contribution in [0.5, 0.6) is 5.75 Å². The first-order chi connectivity index (χ1) is 7.81. The predicted molar refractivity (Wildman–Crippen MR) is 60.0 cm³/mol. The van der Waals surface area contributed by atoms with E-state index in [9.17, 15) is 4.79 Å². The summed E-state index contributed by atoms with van der Waals surface area (Å²) in [5.41, 5.74) is 1.58. The topological polar surface area (TPSA) is 47.9 Å². The van der Waals surface area contributed by atoms with Crippen molar-refractivity contribution in [3.63, 3.8) is 0 Å². The molecule has 1 aromatic rings. The smallest absolute Gasteiger partial charge is 0.354 e. The minimum absolute atomic E-state index is 0.296. The Kier molecular flexibility index (Phi) is 3.19. The van der Waals surface area contributed by atoms with Gasteiger partial charge in [-0.3, -0.25) is 4.99 Å². The monoisotopic (exact) mass is 219 g/mol. The highest BCUT2D eigenvalue weighted by atomic mass is 16.5. The third-order valence-corrected chi connectivity index (χ3v) is 2.35. The number of esters is 1. The molecule has 1 heterocycles. The lowest BCUT2D eigenvalue weighted by atomic mass is 10.1. The van der Waals surface area contributed by atoms with Gasteiger partial charge in [-0.05, 0) is 11.6 Å². The highest BCUT2D eigenvalue weighted by Gasteiger charge is 2.20. The van der Waals surface area contributed by atoms with E-state index in [2.05, 4.69) is 4.99 Å². The van der Waals surface area contributed by atoms with Gasteiger partial charge in [-0.1, -0.05) is 18.2 Å². The van der Waals surface area contributed by atoms with E-state index < -0.39 is 0 Å². The predicted octanol–water partition coefficient (Wildman–Crippen LogP) is 1.24. The van der Waals surface area contributed by atoms with Crippen molar-refractivity contribution in [3.8, 4) is 5.75 Å². The Morgan fingerprint density at radius 3 is 2.88 bits per heavy atom. The molecule has 84 valence electrons. The molecule has 0 bridgehead atoms. The molecule has 0 unspecified atom stereocenters. The van der Waals surface area contributed by atoms with Gasteiger partial charge in [-0.15, -0.1) is 0 Å². The molecule has 0 aliphatic carbocycles. The fourth-order valence-corrected chi connectivity index (χ4v) is 1.42.